The van der Waals surface area contributed by atoms with Crippen molar-refractivity contribution in [3.05, 3.63) is 93.0 Å². The number of nitrogens with zero attached hydrogens (tertiary/aromatic N) is 15. The second-order valence-electron chi connectivity index (χ2n) is 34.0. The third-order valence-corrected chi connectivity index (χ3v) is 31.2. The first-order chi connectivity index (χ1) is 54.4. The van der Waals surface area contributed by atoms with Crippen LogP contribution in [-0.4, -0.2) is 316 Å². The molecule has 5 aliphatic rings. The van der Waals surface area contributed by atoms with Crippen LogP contribution in [0.5, 0.6) is 0 Å². The van der Waals surface area contributed by atoms with Crippen LogP contribution < -0.4 is 28.7 Å². The quantitative estimate of drug-likeness (QED) is 0.0182. The Bertz CT molecular complexity index is 4790. The molecule has 5 aliphatic heterocycles. The van der Waals surface area contributed by atoms with Crippen molar-refractivity contribution in [3.63, 3.8) is 0 Å². The summed E-state index contributed by atoms with van der Waals surface area (Å²) in [5, 5.41) is 52.0. The normalized spacial score (nSPS) is 28.4. The van der Waals surface area contributed by atoms with Gasteiger partial charge in [0.05, 0.1) is 118 Å². The smallest absolute Gasteiger partial charge is 0.165 e. The number of methoxy groups -OCH3 is 1. The minimum atomic E-state index is -1.18. The van der Waals surface area contributed by atoms with Crippen LogP contribution in [-0.2, 0) is 28.4 Å². The van der Waals surface area contributed by atoms with Crippen LogP contribution in [0, 0.1) is 5.92 Å². The number of hydrogen-bond donors (Lipinski definition) is 10. The lowest BCUT2D eigenvalue weighted by atomic mass is 10.0. The molecule has 5 fully saturated rings. The van der Waals surface area contributed by atoms with Gasteiger partial charge in [0.2, 0.25) is 0 Å². The Kier molecular flexibility index (Phi) is 29.6. The lowest BCUT2D eigenvalue weighted by molar-refractivity contribution is -0.0496. The van der Waals surface area contributed by atoms with Crippen molar-refractivity contribution >= 4 is 200 Å². The molecule has 15 heterocycles. The molecule has 31 nitrogen and oxygen atoms in total. The van der Waals surface area contributed by atoms with Crippen LogP contribution in [0.2, 0.25) is 0 Å². The molecule has 0 spiro atoms. The number of aliphatic hydroxyl groups excluding tert-OH is 5. The Hall–Kier alpha value is -5.34. The molecule has 15 rings (SSSR count). The second kappa shape index (κ2) is 37.6. The minimum Gasteiger partial charge on any atom is -0.397 e. The summed E-state index contributed by atoms with van der Waals surface area (Å²) in [6.45, 7) is 18.1. The average Bonchev–Trinajstić information content (AvgIpc) is 1.65. The fourth-order valence-corrected chi connectivity index (χ4v) is 21.3. The number of aromatic nitrogens is 15. The van der Waals surface area contributed by atoms with Crippen molar-refractivity contribution in [1.82, 2.24) is 72.7 Å². The molecule has 0 aromatic carbocycles. The second-order valence-corrected chi connectivity index (χ2v) is 58.6. The number of aliphatic hydroxyl groups is 5. The van der Waals surface area contributed by atoms with E-state index in [2.05, 4.69) is 187 Å². The van der Waals surface area contributed by atoms with E-state index in [0.29, 0.717) is 84.3 Å². The van der Waals surface area contributed by atoms with Crippen molar-refractivity contribution in [2.45, 2.75) is 151 Å². The summed E-state index contributed by atoms with van der Waals surface area (Å²) in [5.74, 6) is -0.0353. The van der Waals surface area contributed by atoms with E-state index in [0.717, 1.165) is 62.9 Å². The Morgan fingerprint density at radius 2 is 0.655 bits per heavy atom. The summed E-state index contributed by atoms with van der Waals surface area (Å²) in [6.07, 6.45) is 39.9. The van der Waals surface area contributed by atoms with Crippen molar-refractivity contribution < 1.29 is 54.0 Å². The number of alkyl halides is 3. The van der Waals surface area contributed by atoms with Gasteiger partial charge in [0.25, 0.3) is 0 Å². The van der Waals surface area contributed by atoms with E-state index in [9.17, 15) is 25.5 Å². The largest absolute Gasteiger partial charge is 0.397 e. The van der Waals surface area contributed by atoms with Crippen LogP contribution in [0.3, 0.4) is 0 Å². The van der Waals surface area contributed by atoms with E-state index in [4.69, 9.17) is 68.7 Å². The summed E-state index contributed by atoms with van der Waals surface area (Å²) in [4.78, 5) is 43.1. The summed E-state index contributed by atoms with van der Waals surface area (Å²) in [7, 11) is 1.58. The molecule has 636 valence electrons. The molecule has 5 unspecified atom stereocenters. The maximum absolute atomic E-state index is 10.6. The van der Waals surface area contributed by atoms with Gasteiger partial charge in [0, 0.05) is 44.0 Å². The summed E-state index contributed by atoms with van der Waals surface area (Å²) in [5.41, 5.74) is 39.1. The molecule has 10 aromatic heterocycles. The van der Waals surface area contributed by atoms with E-state index in [1.807, 2.05) is 20.6 Å². The van der Waals surface area contributed by atoms with E-state index in [1.54, 1.807) is 109 Å². The molecule has 0 bridgehead atoms. The number of pyridine rings is 5. The number of fused-ring (bicyclic) bond motifs is 5. The minimum absolute atomic E-state index is 0.0353. The molecule has 15 N–H and O–H groups in total. The molecule has 10 aromatic rings. The third kappa shape index (κ3) is 21.6. The van der Waals surface area contributed by atoms with Crippen molar-refractivity contribution in [3.8, 4) is 0 Å². The monoisotopic (exact) mass is 1890 g/mol. The van der Waals surface area contributed by atoms with Gasteiger partial charge in [-0.1, -0.05) is 45.4 Å². The fraction of sp³-hybridized carbons (Fsp3) is 0.545. The van der Waals surface area contributed by atoms with Crippen LogP contribution in [0.25, 0.3) is 55.8 Å². The molecule has 0 saturated carbocycles. The van der Waals surface area contributed by atoms with Crippen LogP contribution in [0.1, 0.15) is 70.2 Å². The van der Waals surface area contributed by atoms with Crippen molar-refractivity contribution in [2.75, 3.05) is 133 Å². The molecule has 0 aliphatic carbocycles. The lowest BCUT2D eigenvalue weighted by Gasteiger charge is -2.20. The number of nitrogen functional groups attached to an aromatic ring is 5. The predicted molar refractivity (Wildman–Crippen MR) is 496 cm³/mol. The highest BCUT2D eigenvalue weighted by Gasteiger charge is 2.49. The third-order valence-electron chi connectivity index (χ3n) is 21.1. The number of hydrogen-bond acceptors (Lipinski definition) is 26. The summed E-state index contributed by atoms with van der Waals surface area (Å²) < 4.78 is 45.1. The molecule has 0 radical (unpaired) electrons. The Balaban J connectivity index is 0.000000143. The Morgan fingerprint density at radius 3 is 1.00 bits per heavy atom. The van der Waals surface area contributed by atoms with Gasteiger partial charge in [-0.3, -0.25) is 22.8 Å². The molecular weight excluding hydrogens is 1780 g/mol. The topological polar surface area (TPSA) is 440 Å². The van der Waals surface area contributed by atoms with Gasteiger partial charge in [0.1, 0.15) is 57.5 Å². The maximum atomic E-state index is 10.6. The lowest BCUT2D eigenvalue weighted by Crippen LogP contribution is -2.33. The van der Waals surface area contributed by atoms with Gasteiger partial charge >= 0.3 is 0 Å². The van der Waals surface area contributed by atoms with Crippen LogP contribution >= 0.6 is 84.6 Å². The molecule has 0 amide bonds. The molecule has 116 heavy (non-hydrogen) atoms. The van der Waals surface area contributed by atoms with Gasteiger partial charge in [-0.25, -0.2) is 49.8 Å². The molecule has 5 saturated heterocycles. The van der Waals surface area contributed by atoms with Crippen molar-refractivity contribution in [1.29, 1.82) is 0 Å². The van der Waals surface area contributed by atoms with Gasteiger partial charge in [-0.15, -0.1) is 77.5 Å². The number of nitrogens with two attached hydrogens (primary N) is 5. The molecular formula is C77H116BrClIN20O11P5. The van der Waals surface area contributed by atoms with Gasteiger partial charge in [-0.2, -0.15) is 0 Å². The zero-order valence-corrected chi connectivity index (χ0v) is 76.9. The maximum Gasteiger partial charge on any atom is 0.165 e. The highest BCUT2D eigenvalue weighted by atomic mass is 127. The molecule has 20 atom stereocenters. The molecule has 39 heteroatoms. The van der Waals surface area contributed by atoms with E-state index >= 15 is 0 Å². The number of halogens is 3. The van der Waals surface area contributed by atoms with E-state index in [1.165, 1.54) is 0 Å². The number of anilines is 5. The average molecular weight is 1900 g/mol. The van der Waals surface area contributed by atoms with Crippen molar-refractivity contribution in [2.24, 2.45) is 5.92 Å². The zero-order valence-electron chi connectivity index (χ0n) is 68.0. The first-order valence-electron chi connectivity index (χ1n) is 38.3. The zero-order chi connectivity index (χ0) is 84.6. The first kappa shape index (κ1) is 91.4. The standard InChI is InChI=1S/C16H25N4O3P.C16H25N4O2P.C15H22BrN4O2P.C15H22ClN4O2P.C15H22IN4O2P/c1-22-14-13(21)11(6-8-24(2,3)4)23-16(14)20-9-19-12-10(17)5-7-18-15(12)20;1-10-14(21)12(6-8-23(2,3)4)22-16(10)20-9-19-13-11(17)5-7-18-15(13)20;3*1-23(2,3)7-5-10-13(21)11(16)15(22-10)20-8-19-12-9(17)4-6-18-14(12)20/h5,7,9,11,13-14,16,21H,2,6,8H2,1,3-4H3,(H2,17,18);5,7,9-10,12,14,16,21H,2,6,8H2,1,3-4H3,(H2,17,18);3*4,6,8,10-11,13,15,21H,1,5,7H2,2-3H3,(H2,17,18)/t11-,13-,14-,16?;10-,12-,14+,16?;3*10-,11-,13-,15?/m11111/s1. The van der Waals surface area contributed by atoms with E-state index in [-0.39, 0.29) is 63.9 Å². The van der Waals surface area contributed by atoms with Crippen LogP contribution in [0.15, 0.2) is 93.0 Å². The SMILES string of the molecule is C=P(C)(C)CC[C@H]1OC(n2cnc3c(N)ccnc32)[C@H](Br)[C@@H]1O.C=P(C)(C)CC[C@H]1OC(n2cnc3c(N)ccnc32)[C@H](C)[C@@H]1O.C=P(C)(C)CC[C@H]1OC(n2cnc3c(N)ccnc32)[C@H](Cl)[C@@H]1O.C=P(C)(C)CC[C@H]1OC(n2cnc3c(N)ccnc32)[C@H](I)[C@@H]1O.C=P(C)(C)CC[C@H]1OC(n2cnc3c(N)ccnc32)[C@H](OC)[C@@H]1O. The summed E-state index contributed by atoms with van der Waals surface area (Å²) >= 11 is 12.2. The number of rotatable bonds is 21. The Morgan fingerprint density at radius 1 is 0.397 bits per heavy atom. The van der Waals surface area contributed by atoms with Gasteiger partial charge in [0.15, 0.2) is 53.1 Å². The highest BCUT2D eigenvalue weighted by Crippen LogP contribution is 2.48. The first-order valence-corrected chi connectivity index (χ1v) is 56.1. The fourth-order valence-electron chi connectivity index (χ4n) is 14.5. The number of imidazole rings is 5. The number of ether oxygens (including phenoxy) is 6. The van der Waals surface area contributed by atoms with E-state index < -0.39 is 88.9 Å². The predicted octanol–water partition coefficient (Wildman–Crippen LogP) is 9.68. The highest BCUT2D eigenvalue weighted by molar-refractivity contribution is 14.1. The Labute approximate surface area is 705 Å². The van der Waals surface area contributed by atoms with Crippen LogP contribution in [0.4, 0.5) is 28.4 Å². The van der Waals surface area contributed by atoms with Gasteiger partial charge < -0.3 is 82.6 Å². The van der Waals surface area contributed by atoms with Gasteiger partial charge in [-0.05, 0) is 160 Å². The summed E-state index contributed by atoms with van der Waals surface area (Å²) in [6, 6.07) is 8.59.